The van der Waals surface area contributed by atoms with E-state index in [1.165, 1.54) is 38.5 Å². The van der Waals surface area contributed by atoms with Crippen molar-refractivity contribution >= 4 is 6.03 Å². The number of nitrogens with one attached hydrogen (secondary N) is 2. The van der Waals surface area contributed by atoms with Gasteiger partial charge in [0.1, 0.15) is 0 Å². The fraction of sp³-hybridized carbons (Fsp3) is 0.929. The second-order valence-electron chi connectivity index (χ2n) is 6.82. The van der Waals surface area contributed by atoms with Crippen LogP contribution in [0.5, 0.6) is 0 Å². The van der Waals surface area contributed by atoms with Crippen LogP contribution in [0.15, 0.2) is 0 Å². The summed E-state index contributed by atoms with van der Waals surface area (Å²) >= 11 is 0. The minimum absolute atomic E-state index is 0.0452. The van der Waals surface area contributed by atoms with Crippen molar-refractivity contribution in [2.75, 3.05) is 19.6 Å². The molecule has 102 valence electrons. The van der Waals surface area contributed by atoms with E-state index < -0.39 is 0 Å². The Kier molecular flexibility index (Phi) is 3.22. The molecule has 0 spiro atoms. The molecule has 4 aliphatic rings. The van der Waals surface area contributed by atoms with Gasteiger partial charge in [-0.1, -0.05) is 0 Å². The third-order valence-electron chi connectivity index (χ3n) is 5.22. The third kappa shape index (κ3) is 2.35. The van der Waals surface area contributed by atoms with Gasteiger partial charge in [-0.25, -0.2) is 4.79 Å². The smallest absolute Gasteiger partial charge is 0.314 e. The molecular formula is C14H25N3O. The first-order valence-electron chi connectivity index (χ1n) is 7.41. The van der Waals surface area contributed by atoms with Crippen molar-refractivity contribution in [1.29, 1.82) is 0 Å². The van der Waals surface area contributed by atoms with E-state index in [1.54, 1.807) is 0 Å². The monoisotopic (exact) mass is 251 g/mol. The molecule has 4 heteroatoms. The summed E-state index contributed by atoms with van der Waals surface area (Å²) in [6.45, 7) is 1.93. The van der Waals surface area contributed by atoms with Crippen molar-refractivity contribution in [1.82, 2.24) is 10.6 Å². The van der Waals surface area contributed by atoms with Gasteiger partial charge < -0.3 is 16.4 Å². The number of amides is 2. The van der Waals surface area contributed by atoms with Gasteiger partial charge in [-0.3, -0.25) is 0 Å². The first-order valence-corrected chi connectivity index (χ1v) is 7.41. The largest absolute Gasteiger partial charge is 0.338 e. The Morgan fingerprint density at radius 2 is 1.61 bits per heavy atom. The Labute approximate surface area is 109 Å². The van der Waals surface area contributed by atoms with Crippen LogP contribution in [-0.4, -0.2) is 25.7 Å². The Balaban J connectivity index is 1.54. The van der Waals surface area contributed by atoms with Crippen molar-refractivity contribution in [2.24, 2.45) is 28.9 Å². The zero-order valence-electron chi connectivity index (χ0n) is 11.1. The van der Waals surface area contributed by atoms with Crippen LogP contribution in [0, 0.1) is 23.2 Å². The fourth-order valence-electron chi connectivity index (χ4n) is 5.02. The molecule has 0 heterocycles. The summed E-state index contributed by atoms with van der Waals surface area (Å²) in [6.07, 6.45) is 8.40. The zero-order valence-corrected chi connectivity index (χ0v) is 11.1. The van der Waals surface area contributed by atoms with Crippen LogP contribution in [-0.2, 0) is 0 Å². The topological polar surface area (TPSA) is 67.1 Å². The predicted molar refractivity (Wildman–Crippen MR) is 71.1 cm³/mol. The molecule has 2 amide bonds. The second kappa shape index (κ2) is 4.72. The lowest BCUT2D eigenvalue weighted by atomic mass is 9.49. The highest BCUT2D eigenvalue weighted by molar-refractivity contribution is 5.73. The quantitative estimate of drug-likeness (QED) is 0.708. The van der Waals surface area contributed by atoms with E-state index in [9.17, 15) is 4.79 Å². The molecule has 4 fully saturated rings. The van der Waals surface area contributed by atoms with Crippen LogP contribution in [0.25, 0.3) is 0 Å². The van der Waals surface area contributed by atoms with Gasteiger partial charge in [0.25, 0.3) is 0 Å². The summed E-state index contributed by atoms with van der Waals surface area (Å²) in [5.74, 6) is 2.85. The lowest BCUT2D eigenvalue weighted by Crippen LogP contribution is -2.52. The first kappa shape index (κ1) is 12.3. The predicted octanol–water partition coefficient (Wildman–Crippen LogP) is 1.46. The van der Waals surface area contributed by atoms with E-state index in [0.29, 0.717) is 18.5 Å². The van der Waals surface area contributed by atoms with E-state index in [1.807, 2.05) is 0 Å². The molecule has 4 nitrogen and oxygen atoms in total. The molecule has 4 saturated carbocycles. The standard InChI is InChI=1S/C14H25N3O/c15-1-2-16-13(18)17-9-14-6-10-3-11(7-14)5-12(4-10)8-14/h10-12H,1-9,15H2,(H2,16,17,18). The van der Waals surface area contributed by atoms with Crippen LogP contribution in [0.1, 0.15) is 38.5 Å². The molecule has 4 N–H and O–H groups in total. The maximum absolute atomic E-state index is 11.6. The minimum atomic E-state index is -0.0452. The number of urea groups is 1. The molecule has 0 aromatic carbocycles. The molecule has 0 aromatic heterocycles. The molecule has 0 aromatic rings. The van der Waals surface area contributed by atoms with Gasteiger partial charge in [0, 0.05) is 19.6 Å². The molecule has 0 atom stereocenters. The summed E-state index contributed by atoms with van der Waals surface area (Å²) in [6, 6.07) is -0.0452. The Hall–Kier alpha value is -0.770. The highest BCUT2D eigenvalue weighted by Gasteiger charge is 2.50. The lowest BCUT2D eigenvalue weighted by molar-refractivity contribution is -0.0498. The van der Waals surface area contributed by atoms with Crippen LogP contribution < -0.4 is 16.4 Å². The summed E-state index contributed by atoms with van der Waals surface area (Å²) in [5.41, 5.74) is 5.80. The molecule has 0 saturated heterocycles. The number of hydrogen-bond donors (Lipinski definition) is 3. The Morgan fingerprint density at radius 1 is 1.06 bits per heavy atom. The SMILES string of the molecule is NCCNC(=O)NCC12CC3CC(CC(C3)C1)C2. The van der Waals surface area contributed by atoms with Crippen molar-refractivity contribution < 1.29 is 4.79 Å². The van der Waals surface area contributed by atoms with E-state index in [2.05, 4.69) is 10.6 Å². The number of nitrogens with two attached hydrogens (primary N) is 1. The fourth-order valence-corrected chi connectivity index (χ4v) is 5.02. The average Bonchev–Trinajstić information content (AvgIpc) is 2.32. The summed E-state index contributed by atoms with van der Waals surface area (Å²) in [5, 5.41) is 5.86. The van der Waals surface area contributed by atoms with Crippen molar-refractivity contribution in [3.63, 3.8) is 0 Å². The van der Waals surface area contributed by atoms with E-state index in [0.717, 1.165) is 24.3 Å². The molecular weight excluding hydrogens is 226 g/mol. The van der Waals surface area contributed by atoms with Crippen molar-refractivity contribution in [2.45, 2.75) is 38.5 Å². The molecule has 0 unspecified atom stereocenters. The maximum atomic E-state index is 11.6. The highest BCUT2D eigenvalue weighted by atomic mass is 16.2. The van der Waals surface area contributed by atoms with Gasteiger partial charge in [-0.05, 0) is 61.7 Å². The van der Waals surface area contributed by atoms with Crippen LogP contribution >= 0.6 is 0 Å². The van der Waals surface area contributed by atoms with Crippen LogP contribution in [0.4, 0.5) is 4.79 Å². The van der Waals surface area contributed by atoms with E-state index in [4.69, 9.17) is 5.73 Å². The number of hydrogen-bond acceptors (Lipinski definition) is 2. The molecule has 0 radical (unpaired) electrons. The van der Waals surface area contributed by atoms with Gasteiger partial charge in [0.15, 0.2) is 0 Å². The Bertz CT molecular complexity index is 294. The van der Waals surface area contributed by atoms with Gasteiger partial charge in [-0.15, -0.1) is 0 Å². The second-order valence-corrected chi connectivity index (χ2v) is 6.82. The molecule has 4 bridgehead atoms. The lowest BCUT2D eigenvalue weighted by Gasteiger charge is -2.56. The number of carbonyl (C=O) groups excluding carboxylic acids is 1. The van der Waals surface area contributed by atoms with Crippen LogP contribution in [0.2, 0.25) is 0 Å². The van der Waals surface area contributed by atoms with Crippen molar-refractivity contribution in [3.8, 4) is 0 Å². The van der Waals surface area contributed by atoms with Gasteiger partial charge >= 0.3 is 6.03 Å². The van der Waals surface area contributed by atoms with E-state index in [-0.39, 0.29) is 6.03 Å². The number of carbonyl (C=O) groups is 1. The Morgan fingerprint density at radius 3 is 2.11 bits per heavy atom. The maximum Gasteiger partial charge on any atom is 0.314 e. The summed E-state index contributed by atoms with van der Waals surface area (Å²) < 4.78 is 0. The van der Waals surface area contributed by atoms with Gasteiger partial charge in [-0.2, -0.15) is 0 Å². The summed E-state index contributed by atoms with van der Waals surface area (Å²) in [4.78, 5) is 11.6. The minimum Gasteiger partial charge on any atom is -0.338 e. The normalized spacial score (nSPS) is 40.8. The van der Waals surface area contributed by atoms with Gasteiger partial charge in [0.2, 0.25) is 0 Å². The molecule has 4 rings (SSSR count). The first-order chi connectivity index (χ1) is 8.69. The molecule has 0 aliphatic heterocycles. The number of rotatable bonds is 4. The van der Waals surface area contributed by atoms with Crippen molar-refractivity contribution in [3.05, 3.63) is 0 Å². The molecule has 4 aliphatic carbocycles. The van der Waals surface area contributed by atoms with E-state index >= 15 is 0 Å². The highest BCUT2D eigenvalue weighted by Crippen LogP contribution is 2.59. The zero-order chi connectivity index (χ0) is 12.6. The third-order valence-corrected chi connectivity index (χ3v) is 5.22. The van der Waals surface area contributed by atoms with Gasteiger partial charge in [0.05, 0.1) is 0 Å². The average molecular weight is 251 g/mol. The summed E-state index contributed by atoms with van der Waals surface area (Å²) in [7, 11) is 0. The van der Waals surface area contributed by atoms with Crippen LogP contribution in [0.3, 0.4) is 0 Å². The molecule has 18 heavy (non-hydrogen) atoms.